The van der Waals surface area contributed by atoms with Crippen LogP contribution in [-0.2, 0) is 6.54 Å². The van der Waals surface area contributed by atoms with Gasteiger partial charge in [-0.1, -0.05) is 11.6 Å². The highest BCUT2D eigenvalue weighted by atomic mass is 79.9. The normalized spacial score (nSPS) is 12.2. The van der Waals surface area contributed by atoms with Gasteiger partial charge in [-0.3, -0.25) is 0 Å². The Hall–Kier alpha value is 0.250. The van der Waals surface area contributed by atoms with Crippen LogP contribution in [0.2, 0.25) is 5.02 Å². The summed E-state index contributed by atoms with van der Waals surface area (Å²) in [6.45, 7) is -1.17. The minimum atomic E-state index is -4.31. The van der Waals surface area contributed by atoms with E-state index in [4.69, 9.17) is 11.6 Å². The molecule has 1 aromatic heterocycles. The second-order valence-electron chi connectivity index (χ2n) is 2.17. The molecular formula is C5H2Br2ClF3N2. The van der Waals surface area contributed by atoms with Crippen molar-refractivity contribution < 1.29 is 13.2 Å². The van der Waals surface area contributed by atoms with E-state index in [0.717, 1.165) is 4.68 Å². The molecule has 0 amide bonds. The monoisotopic (exact) mass is 340 g/mol. The largest absolute Gasteiger partial charge is 0.408 e. The van der Waals surface area contributed by atoms with Gasteiger partial charge in [0.2, 0.25) is 0 Å². The fourth-order valence-corrected chi connectivity index (χ4v) is 1.84. The molecule has 0 aliphatic rings. The Kier molecular flexibility index (Phi) is 3.29. The number of halogens is 6. The van der Waals surface area contributed by atoms with Crippen molar-refractivity contribution in [3.63, 3.8) is 0 Å². The maximum Gasteiger partial charge on any atom is 0.408 e. The number of hydrogen-bond donors (Lipinski definition) is 0. The van der Waals surface area contributed by atoms with E-state index < -0.39 is 12.7 Å². The van der Waals surface area contributed by atoms with Crippen molar-refractivity contribution in [3.05, 3.63) is 14.2 Å². The molecule has 0 spiro atoms. The van der Waals surface area contributed by atoms with E-state index in [1.807, 2.05) is 0 Å². The highest BCUT2D eigenvalue weighted by Crippen LogP contribution is 2.31. The predicted octanol–water partition coefficient (Wildman–Crippen LogP) is 3.62. The van der Waals surface area contributed by atoms with Gasteiger partial charge < -0.3 is 0 Å². The zero-order valence-corrected chi connectivity index (χ0v) is 9.80. The zero-order valence-electron chi connectivity index (χ0n) is 5.87. The number of hydrogen-bond acceptors (Lipinski definition) is 1. The molecule has 0 bridgehead atoms. The van der Waals surface area contributed by atoms with E-state index in [0.29, 0.717) is 0 Å². The Labute approximate surface area is 93.3 Å². The Morgan fingerprint density at radius 2 is 1.92 bits per heavy atom. The van der Waals surface area contributed by atoms with E-state index in [1.54, 1.807) is 0 Å². The molecule has 0 fully saturated rings. The van der Waals surface area contributed by atoms with Gasteiger partial charge in [-0.25, -0.2) is 4.68 Å². The summed E-state index contributed by atoms with van der Waals surface area (Å²) in [5.74, 6) is 0. The van der Waals surface area contributed by atoms with Crippen LogP contribution >= 0.6 is 43.5 Å². The van der Waals surface area contributed by atoms with Gasteiger partial charge in [-0.2, -0.15) is 18.3 Å². The van der Waals surface area contributed by atoms with Crippen molar-refractivity contribution in [1.82, 2.24) is 9.78 Å². The van der Waals surface area contributed by atoms with Crippen LogP contribution in [0.3, 0.4) is 0 Å². The molecule has 0 aliphatic carbocycles. The van der Waals surface area contributed by atoms with Gasteiger partial charge in [-0.15, -0.1) is 0 Å². The molecule has 0 N–H and O–H groups in total. The lowest BCUT2D eigenvalue weighted by molar-refractivity contribution is -0.143. The fourth-order valence-electron chi connectivity index (χ4n) is 0.667. The highest BCUT2D eigenvalue weighted by Gasteiger charge is 2.30. The second kappa shape index (κ2) is 3.78. The van der Waals surface area contributed by atoms with Gasteiger partial charge in [0.25, 0.3) is 0 Å². The Bertz CT molecular complexity index is 322. The summed E-state index contributed by atoms with van der Waals surface area (Å²) in [6.07, 6.45) is -4.31. The zero-order chi connectivity index (χ0) is 10.2. The van der Waals surface area contributed by atoms with Crippen LogP contribution in [0.25, 0.3) is 0 Å². The summed E-state index contributed by atoms with van der Waals surface area (Å²) < 4.78 is 36.8. The van der Waals surface area contributed by atoms with Crippen molar-refractivity contribution in [3.8, 4) is 0 Å². The molecule has 74 valence electrons. The molecule has 2 nitrogen and oxygen atoms in total. The summed E-state index contributed by atoms with van der Waals surface area (Å²) in [5, 5.41) is 3.66. The minimum Gasteiger partial charge on any atom is -0.247 e. The van der Waals surface area contributed by atoms with E-state index in [-0.39, 0.29) is 14.2 Å². The summed E-state index contributed by atoms with van der Waals surface area (Å²) in [5.41, 5.74) is 0. The molecule has 0 unspecified atom stereocenters. The van der Waals surface area contributed by atoms with Crippen LogP contribution in [0.1, 0.15) is 0 Å². The molecule has 0 atom stereocenters. The Morgan fingerprint density at radius 3 is 2.23 bits per heavy atom. The van der Waals surface area contributed by atoms with E-state index in [1.165, 1.54) is 0 Å². The smallest absolute Gasteiger partial charge is 0.247 e. The molecule has 8 heteroatoms. The SMILES string of the molecule is FC(F)(F)Cn1nc(Br)c(Cl)c1Br. The molecule has 0 saturated heterocycles. The number of aromatic nitrogens is 2. The minimum absolute atomic E-state index is 0.110. The third-order valence-electron chi connectivity index (χ3n) is 1.13. The first-order valence-corrected chi connectivity index (χ1v) is 4.91. The molecule has 1 aromatic rings. The van der Waals surface area contributed by atoms with Crippen LogP contribution in [0.15, 0.2) is 9.21 Å². The van der Waals surface area contributed by atoms with Crippen LogP contribution in [0.5, 0.6) is 0 Å². The lowest BCUT2D eigenvalue weighted by Crippen LogP contribution is -2.18. The highest BCUT2D eigenvalue weighted by molar-refractivity contribution is 9.11. The van der Waals surface area contributed by atoms with Gasteiger partial charge in [0.15, 0.2) is 0 Å². The molecule has 0 radical (unpaired) electrons. The van der Waals surface area contributed by atoms with E-state index in [2.05, 4.69) is 37.0 Å². The second-order valence-corrected chi connectivity index (χ2v) is 4.05. The maximum atomic E-state index is 11.9. The molecule has 0 aliphatic heterocycles. The average Bonchev–Trinajstić information content (AvgIpc) is 2.15. The van der Waals surface area contributed by atoms with Crippen LogP contribution in [-0.4, -0.2) is 16.0 Å². The standard InChI is InChI=1S/C5H2Br2ClF3N2/c6-3-2(8)4(7)13(12-3)1-5(9,10)11/h1H2. The molecule has 13 heavy (non-hydrogen) atoms. The van der Waals surface area contributed by atoms with Crippen molar-refractivity contribution in [2.24, 2.45) is 0 Å². The fraction of sp³-hybridized carbons (Fsp3) is 0.400. The third-order valence-corrected chi connectivity index (χ3v) is 3.30. The van der Waals surface area contributed by atoms with E-state index in [9.17, 15) is 13.2 Å². The summed E-state index contributed by atoms with van der Waals surface area (Å²) in [7, 11) is 0. The lowest BCUT2D eigenvalue weighted by Gasteiger charge is -2.06. The van der Waals surface area contributed by atoms with Crippen molar-refractivity contribution in [2.75, 3.05) is 0 Å². The lowest BCUT2D eigenvalue weighted by atomic mass is 10.6. The van der Waals surface area contributed by atoms with Gasteiger partial charge in [0.1, 0.15) is 20.8 Å². The van der Waals surface area contributed by atoms with E-state index >= 15 is 0 Å². The van der Waals surface area contributed by atoms with Crippen LogP contribution in [0, 0.1) is 0 Å². The molecule has 1 rings (SSSR count). The summed E-state index contributed by atoms with van der Waals surface area (Å²) >= 11 is 11.4. The van der Waals surface area contributed by atoms with Crippen LogP contribution < -0.4 is 0 Å². The topological polar surface area (TPSA) is 17.8 Å². The molecule has 0 saturated carbocycles. The quantitative estimate of drug-likeness (QED) is 0.762. The maximum absolute atomic E-state index is 11.9. The molecule has 0 aromatic carbocycles. The first-order chi connectivity index (χ1) is 5.81. The molecule has 1 heterocycles. The summed E-state index contributed by atoms with van der Waals surface area (Å²) in [6, 6.07) is 0. The number of nitrogens with zero attached hydrogens (tertiary/aromatic N) is 2. The van der Waals surface area contributed by atoms with Crippen molar-refractivity contribution >= 4 is 43.5 Å². The van der Waals surface area contributed by atoms with Crippen molar-refractivity contribution in [1.29, 1.82) is 0 Å². The van der Waals surface area contributed by atoms with Crippen LogP contribution in [0.4, 0.5) is 13.2 Å². The number of rotatable bonds is 1. The van der Waals surface area contributed by atoms with Gasteiger partial charge in [0.05, 0.1) is 0 Å². The third kappa shape index (κ3) is 2.85. The average molecular weight is 342 g/mol. The first kappa shape index (κ1) is 11.3. The Morgan fingerprint density at radius 1 is 1.38 bits per heavy atom. The molecular weight excluding hydrogens is 340 g/mol. The first-order valence-electron chi connectivity index (χ1n) is 2.95. The number of alkyl halides is 3. The Balaban J connectivity index is 2.97. The van der Waals surface area contributed by atoms with Crippen molar-refractivity contribution in [2.45, 2.75) is 12.7 Å². The van der Waals surface area contributed by atoms with Gasteiger partial charge in [-0.05, 0) is 31.9 Å². The summed E-state index contributed by atoms with van der Waals surface area (Å²) in [4.78, 5) is 0. The van der Waals surface area contributed by atoms with Gasteiger partial charge >= 0.3 is 6.18 Å². The predicted molar refractivity (Wildman–Crippen MR) is 48.7 cm³/mol. The van der Waals surface area contributed by atoms with Gasteiger partial charge in [0, 0.05) is 0 Å².